The molecule has 20 heavy (non-hydrogen) atoms. The number of nitrogens with one attached hydrogen (secondary N) is 1. The van der Waals surface area contributed by atoms with Gasteiger partial charge in [-0.2, -0.15) is 0 Å². The third kappa shape index (κ3) is 4.09. The topological polar surface area (TPSA) is 32.3 Å². The van der Waals surface area contributed by atoms with Crippen LogP contribution in [0.15, 0.2) is 53.0 Å². The Kier molecular flexibility index (Phi) is 4.84. The molecule has 0 radical (unpaired) electrons. The highest BCUT2D eigenvalue weighted by Gasteiger charge is 2.23. The van der Waals surface area contributed by atoms with Crippen molar-refractivity contribution in [1.29, 1.82) is 0 Å². The normalized spacial score (nSPS) is 13.8. The minimum Gasteiger partial charge on any atom is -0.394 e. The van der Waals surface area contributed by atoms with Crippen LogP contribution >= 0.6 is 15.9 Å². The van der Waals surface area contributed by atoms with E-state index in [-0.39, 0.29) is 12.1 Å². The molecule has 0 heterocycles. The van der Waals surface area contributed by atoms with Crippen LogP contribution in [0.1, 0.15) is 18.1 Å². The van der Waals surface area contributed by atoms with Gasteiger partial charge in [0.25, 0.3) is 0 Å². The van der Waals surface area contributed by atoms with Gasteiger partial charge in [-0.3, -0.25) is 0 Å². The Bertz CT molecular complexity index is 501. The fourth-order valence-corrected chi connectivity index (χ4v) is 2.44. The Morgan fingerprint density at radius 1 is 1.05 bits per heavy atom. The van der Waals surface area contributed by atoms with E-state index in [0.717, 1.165) is 16.6 Å². The van der Waals surface area contributed by atoms with E-state index in [1.165, 1.54) is 11.1 Å². The van der Waals surface area contributed by atoms with Crippen LogP contribution in [0.2, 0.25) is 0 Å². The SMILES string of the molecule is Cc1ccc(NC(C)(CO)Cc2ccc(Br)cc2)cc1. The first-order valence-electron chi connectivity index (χ1n) is 6.71. The number of hydrogen-bond acceptors (Lipinski definition) is 2. The smallest absolute Gasteiger partial charge is 0.0662 e. The van der Waals surface area contributed by atoms with E-state index in [0.29, 0.717) is 0 Å². The van der Waals surface area contributed by atoms with E-state index in [1.54, 1.807) is 0 Å². The maximum Gasteiger partial charge on any atom is 0.0662 e. The summed E-state index contributed by atoms with van der Waals surface area (Å²) in [4.78, 5) is 0. The molecule has 2 aromatic carbocycles. The van der Waals surface area contributed by atoms with Crippen molar-refractivity contribution in [2.45, 2.75) is 25.8 Å². The lowest BCUT2D eigenvalue weighted by Gasteiger charge is -2.30. The van der Waals surface area contributed by atoms with Crippen LogP contribution in [0.4, 0.5) is 5.69 Å². The molecule has 2 rings (SSSR count). The van der Waals surface area contributed by atoms with Gasteiger partial charge in [-0.15, -0.1) is 0 Å². The van der Waals surface area contributed by atoms with Gasteiger partial charge in [0.1, 0.15) is 0 Å². The molecule has 0 aliphatic carbocycles. The lowest BCUT2D eigenvalue weighted by molar-refractivity contribution is 0.222. The third-order valence-corrected chi connectivity index (χ3v) is 3.88. The van der Waals surface area contributed by atoms with Crippen LogP contribution in [0.5, 0.6) is 0 Å². The van der Waals surface area contributed by atoms with Crippen molar-refractivity contribution >= 4 is 21.6 Å². The Morgan fingerprint density at radius 3 is 2.20 bits per heavy atom. The van der Waals surface area contributed by atoms with E-state index in [2.05, 4.69) is 52.4 Å². The van der Waals surface area contributed by atoms with Crippen molar-refractivity contribution in [3.63, 3.8) is 0 Å². The summed E-state index contributed by atoms with van der Waals surface area (Å²) in [5.74, 6) is 0. The van der Waals surface area contributed by atoms with E-state index < -0.39 is 0 Å². The molecule has 0 aliphatic rings. The molecule has 0 spiro atoms. The van der Waals surface area contributed by atoms with Gasteiger partial charge in [-0.25, -0.2) is 0 Å². The Balaban J connectivity index is 2.12. The minimum atomic E-state index is -0.372. The zero-order valence-electron chi connectivity index (χ0n) is 11.9. The van der Waals surface area contributed by atoms with Crippen molar-refractivity contribution in [2.75, 3.05) is 11.9 Å². The molecule has 0 aromatic heterocycles. The predicted molar refractivity (Wildman–Crippen MR) is 88.1 cm³/mol. The van der Waals surface area contributed by atoms with Gasteiger partial charge in [-0.1, -0.05) is 45.8 Å². The van der Waals surface area contributed by atoms with Gasteiger partial charge in [0, 0.05) is 10.2 Å². The molecule has 2 N–H and O–H groups in total. The summed E-state index contributed by atoms with van der Waals surface area (Å²) >= 11 is 3.44. The lowest BCUT2D eigenvalue weighted by Crippen LogP contribution is -2.41. The zero-order valence-corrected chi connectivity index (χ0v) is 13.4. The van der Waals surface area contributed by atoms with Crippen molar-refractivity contribution in [3.05, 3.63) is 64.1 Å². The van der Waals surface area contributed by atoms with E-state index in [9.17, 15) is 5.11 Å². The van der Waals surface area contributed by atoms with Gasteiger partial charge < -0.3 is 10.4 Å². The third-order valence-electron chi connectivity index (χ3n) is 3.35. The quantitative estimate of drug-likeness (QED) is 0.860. The van der Waals surface area contributed by atoms with Crippen molar-refractivity contribution in [3.8, 4) is 0 Å². The molecule has 106 valence electrons. The number of hydrogen-bond donors (Lipinski definition) is 2. The molecule has 2 nitrogen and oxygen atoms in total. The molecule has 0 bridgehead atoms. The van der Waals surface area contributed by atoms with Crippen LogP contribution in [0, 0.1) is 6.92 Å². The molecular formula is C17H20BrNO. The summed E-state index contributed by atoms with van der Waals surface area (Å²) < 4.78 is 1.07. The van der Waals surface area contributed by atoms with Gasteiger partial charge >= 0.3 is 0 Å². The van der Waals surface area contributed by atoms with E-state index >= 15 is 0 Å². The molecule has 1 unspecified atom stereocenters. The van der Waals surface area contributed by atoms with E-state index in [4.69, 9.17) is 0 Å². The van der Waals surface area contributed by atoms with Crippen molar-refractivity contribution in [2.24, 2.45) is 0 Å². The molecule has 0 saturated carbocycles. The number of aliphatic hydroxyl groups excluding tert-OH is 1. The standard InChI is InChI=1S/C17H20BrNO/c1-13-3-9-16(10-4-13)19-17(2,12-20)11-14-5-7-15(18)8-6-14/h3-10,19-20H,11-12H2,1-2H3. The van der Waals surface area contributed by atoms with Crippen LogP contribution in [0.3, 0.4) is 0 Å². The summed E-state index contributed by atoms with van der Waals surface area (Å²) in [5, 5.41) is 13.2. The Labute approximate surface area is 129 Å². The Morgan fingerprint density at radius 2 is 1.65 bits per heavy atom. The fourth-order valence-electron chi connectivity index (χ4n) is 2.18. The number of aliphatic hydroxyl groups is 1. The first-order valence-corrected chi connectivity index (χ1v) is 7.50. The van der Waals surface area contributed by atoms with Gasteiger partial charge in [0.2, 0.25) is 0 Å². The largest absolute Gasteiger partial charge is 0.394 e. The molecule has 1 atom stereocenters. The predicted octanol–water partition coefficient (Wildman–Crippen LogP) is 4.16. The monoisotopic (exact) mass is 333 g/mol. The second-order valence-corrected chi connectivity index (χ2v) is 6.43. The summed E-state index contributed by atoms with van der Waals surface area (Å²) in [6.07, 6.45) is 0.769. The van der Waals surface area contributed by atoms with Crippen LogP contribution in [-0.4, -0.2) is 17.3 Å². The fraction of sp³-hybridized carbons (Fsp3) is 0.294. The number of rotatable bonds is 5. The number of aryl methyl sites for hydroxylation is 1. The van der Waals surface area contributed by atoms with Crippen molar-refractivity contribution < 1.29 is 5.11 Å². The van der Waals surface area contributed by atoms with Gasteiger partial charge in [0.15, 0.2) is 0 Å². The second-order valence-electron chi connectivity index (χ2n) is 5.51. The minimum absolute atomic E-state index is 0.0803. The molecule has 2 aromatic rings. The summed E-state index contributed by atoms with van der Waals surface area (Å²) in [6, 6.07) is 16.4. The number of benzene rings is 2. The molecule has 0 aliphatic heterocycles. The van der Waals surface area contributed by atoms with Crippen molar-refractivity contribution in [1.82, 2.24) is 0 Å². The lowest BCUT2D eigenvalue weighted by atomic mass is 9.93. The molecule has 0 fully saturated rings. The highest BCUT2D eigenvalue weighted by atomic mass is 79.9. The maximum absolute atomic E-state index is 9.75. The summed E-state index contributed by atoms with van der Waals surface area (Å²) in [5.41, 5.74) is 3.09. The highest BCUT2D eigenvalue weighted by molar-refractivity contribution is 9.10. The highest BCUT2D eigenvalue weighted by Crippen LogP contribution is 2.21. The Hall–Kier alpha value is -1.32. The summed E-state index contributed by atoms with van der Waals surface area (Å²) in [6.45, 7) is 4.18. The average molecular weight is 334 g/mol. The first-order chi connectivity index (χ1) is 9.50. The first kappa shape index (κ1) is 15.1. The zero-order chi connectivity index (χ0) is 14.6. The molecule has 0 amide bonds. The number of anilines is 1. The van der Waals surface area contributed by atoms with Gasteiger partial charge in [-0.05, 0) is 50.1 Å². The number of halogens is 1. The van der Waals surface area contributed by atoms with Crippen LogP contribution < -0.4 is 5.32 Å². The van der Waals surface area contributed by atoms with E-state index in [1.807, 2.05) is 31.2 Å². The average Bonchev–Trinajstić information content (AvgIpc) is 2.44. The molecular weight excluding hydrogens is 314 g/mol. The maximum atomic E-state index is 9.75. The molecule has 0 saturated heterocycles. The summed E-state index contributed by atoms with van der Waals surface area (Å²) in [7, 11) is 0. The van der Waals surface area contributed by atoms with Crippen LogP contribution in [-0.2, 0) is 6.42 Å². The second kappa shape index (κ2) is 6.42. The molecule has 3 heteroatoms. The van der Waals surface area contributed by atoms with Crippen LogP contribution in [0.25, 0.3) is 0 Å². The van der Waals surface area contributed by atoms with Gasteiger partial charge in [0.05, 0.1) is 12.1 Å².